The molecule has 0 fully saturated rings. The summed E-state index contributed by atoms with van der Waals surface area (Å²) in [4.78, 5) is 12.7. The molecule has 2 aromatic rings. The minimum Gasteiger partial charge on any atom is -0.496 e. The molecular weight excluding hydrogens is 493 g/mol. The fourth-order valence-corrected chi connectivity index (χ4v) is 6.02. The van der Waals surface area contributed by atoms with Gasteiger partial charge in [0.05, 0.1) is 12.6 Å². The van der Waals surface area contributed by atoms with Gasteiger partial charge in [0.15, 0.2) is 0 Å². The van der Waals surface area contributed by atoms with E-state index in [-0.39, 0.29) is 29.2 Å². The molecule has 2 aromatic carbocycles. The fraction of sp³-hybridized carbons (Fsp3) is 0.320. The third-order valence-corrected chi connectivity index (χ3v) is 7.52. The highest BCUT2D eigenvalue weighted by Gasteiger charge is 2.29. The van der Waals surface area contributed by atoms with Gasteiger partial charge in [-0.2, -0.15) is 0 Å². The monoisotopic (exact) mass is 517 g/mol. The van der Waals surface area contributed by atoms with Crippen LogP contribution < -0.4 is 10.1 Å². The van der Waals surface area contributed by atoms with E-state index in [2.05, 4.69) is 48.1 Å². The predicted octanol–water partition coefficient (Wildman–Crippen LogP) is 6.89. The van der Waals surface area contributed by atoms with Crippen molar-refractivity contribution < 1.29 is 18.7 Å². The first-order valence-electron chi connectivity index (χ1n) is 10.3. The lowest BCUT2D eigenvalue weighted by molar-refractivity contribution is -0.144. The van der Waals surface area contributed by atoms with Crippen LogP contribution in [0.5, 0.6) is 5.75 Å². The Bertz CT molecular complexity index is 1140. The molecule has 1 unspecified atom stereocenters. The van der Waals surface area contributed by atoms with E-state index in [4.69, 9.17) is 9.47 Å². The SMILES string of the molecule is COc1cc(F)ccc1-c1ccc2c(c1COC(=O)C1CC(Br)=CS1)C(C)=CC(C)(C)N2. The molecule has 2 aliphatic heterocycles. The van der Waals surface area contributed by atoms with Crippen LogP contribution in [0, 0.1) is 5.82 Å². The van der Waals surface area contributed by atoms with Crippen molar-refractivity contribution in [1.29, 1.82) is 0 Å². The van der Waals surface area contributed by atoms with Crippen LogP contribution in [0.3, 0.4) is 0 Å². The third-order valence-electron chi connectivity index (χ3n) is 5.56. The lowest BCUT2D eigenvalue weighted by atomic mass is 9.85. The van der Waals surface area contributed by atoms with E-state index in [1.165, 1.54) is 31.0 Å². The Kier molecular flexibility index (Phi) is 6.41. The number of esters is 1. The molecule has 2 aliphatic rings. The molecule has 1 atom stereocenters. The van der Waals surface area contributed by atoms with Crippen LogP contribution in [0.2, 0.25) is 0 Å². The number of halogens is 2. The van der Waals surface area contributed by atoms with Gasteiger partial charge in [-0.1, -0.05) is 28.1 Å². The molecule has 0 saturated carbocycles. The summed E-state index contributed by atoms with van der Waals surface area (Å²) in [5.74, 6) is -0.184. The molecule has 0 amide bonds. The van der Waals surface area contributed by atoms with Crippen molar-refractivity contribution in [3.63, 3.8) is 0 Å². The first kappa shape index (κ1) is 22.9. The first-order chi connectivity index (χ1) is 15.2. The van der Waals surface area contributed by atoms with Crippen molar-refractivity contribution in [2.45, 2.75) is 44.6 Å². The maximum Gasteiger partial charge on any atom is 0.320 e. The number of rotatable bonds is 5. The predicted molar refractivity (Wildman–Crippen MR) is 133 cm³/mol. The second-order valence-electron chi connectivity index (χ2n) is 8.53. The minimum atomic E-state index is -0.368. The highest BCUT2D eigenvalue weighted by Crippen LogP contribution is 2.43. The molecule has 1 N–H and O–H groups in total. The number of anilines is 1. The number of allylic oxidation sites excluding steroid dienone is 2. The van der Waals surface area contributed by atoms with Crippen LogP contribution in [-0.2, 0) is 16.1 Å². The van der Waals surface area contributed by atoms with Crippen molar-refractivity contribution >= 4 is 44.9 Å². The number of carbonyl (C=O) groups excluding carboxylic acids is 1. The summed E-state index contributed by atoms with van der Waals surface area (Å²) in [6, 6.07) is 8.48. The fourth-order valence-electron chi connectivity index (χ4n) is 4.29. The van der Waals surface area contributed by atoms with Crippen LogP contribution in [0.25, 0.3) is 16.7 Å². The van der Waals surface area contributed by atoms with Gasteiger partial charge >= 0.3 is 5.97 Å². The van der Waals surface area contributed by atoms with Gasteiger partial charge in [0, 0.05) is 39.3 Å². The Labute approximate surface area is 200 Å². The number of methoxy groups -OCH3 is 1. The highest BCUT2D eigenvalue weighted by atomic mass is 79.9. The topological polar surface area (TPSA) is 47.6 Å². The van der Waals surface area contributed by atoms with Crippen LogP contribution >= 0.6 is 27.7 Å². The van der Waals surface area contributed by atoms with Crippen LogP contribution in [-0.4, -0.2) is 23.9 Å². The summed E-state index contributed by atoms with van der Waals surface area (Å²) in [5, 5.41) is 5.23. The molecule has 4 rings (SSSR count). The second-order valence-corrected chi connectivity index (χ2v) is 10.6. The standard InChI is InChI=1S/C25H25BrFNO3S/c1-14-11-25(2,3)28-20-8-7-17(18-6-5-16(27)10-21(18)30-4)19(23(14)20)12-31-24(29)22-9-15(26)13-32-22/h5-8,10-11,13,22,28H,9,12H2,1-4H3. The van der Waals surface area contributed by atoms with Crippen molar-refractivity contribution in [2.24, 2.45) is 0 Å². The molecule has 0 aliphatic carbocycles. The van der Waals surface area contributed by atoms with E-state index < -0.39 is 0 Å². The summed E-state index contributed by atoms with van der Waals surface area (Å²) in [6.45, 7) is 6.39. The van der Waals surface area contributed by atoms with Gasteiger partial charge in [0.1, 0.15) is 23.4 Å². The van der Waals surface area contributed by atoms with E-state index in [1.54, 1.807) is 6.07 Å². The van der Waals surface area contributed by atoms with E-state index in [1.807, 2.05) is 17.5 Å². The number of thioether (sulfide) groups is 1. The molecule has 0 aromatic heterocycles. The zero-order valence-electron chi connectivity index (χ0n) is 18.4. The molecule has 0 radical (unpaired) electrons. The normalized spacial score (nSPS) is 18.9. The maximum atomic E-state index is 13.8. The zero-order valence-corrected chi connectivity index (χ0v) is 20.8. The number of hydrogen-bond donors (Lipinski definition) is 1. The Balaban J connectivity index is 1.77. The Morgan fingerprint density at radius 1 is 1.28 bits per heavy atom. The van der Waals surface area contributed by atoms with E-state index >= 15 is 0 Å². The number of hydrogen-bond acceptors (Lipinski definition) is 5. The van der Waals surface area contributed by atoms with Gasteiger partial charge in [-0.15, -0.1) is 11.8 Å². The summed E-state index contributed by atoms with van der Waals surface area (Å²) >= 11 is 4.91. The van der Waals surface area contributed by atoms with Crippen molar-refractivity contribution in [1.82, 2.24) is 0 Å². The highest BCUT2D eigenvalue weighted by molar-refractivity contribution is 9.11. The smallest absolute Gasteiger partial charge is 0.320 e. The van der Waals surface area contributed by atoms with Crippen molar-refractivity contribution in [3.05, 3.63) is 63.2 Å². The average molecular weight is 518 g/mol. The number of ether oxygens (including phenoxy) is 2. The Morgan fingerprint density at radius 3 is 2.72 bits per heavy atom. The Hall–Kier alpha value is -2.25. The van der Waals surface area contributed by atoms with Gasteiger partial charge in [-0.3, -0.25) is 4.79 Å². The largest absolute Gasteiger partial charge is 0.496 e. The summed E-state index contributed by atoms with van der Waals surface area (Å²) in [7, 11) is 1.52. The quantitative estimate of drug-likeness (QED) is 0.437. The van der Waals surface area contributed by atoms with Gasteiger partial charge in [-0.25, -0.2) is 4.39 Å². The molecule has 0 bridgehead atoms. The maximum absolute atomic E-state index is 13.8. The van der Waals surface area contributed by atoms with Gasteiger partial charge < -0.3 is 14.8 Å². The molecule has 7 heteroatoms. The van der Waals surface area contributed by atoms with E-state index in [9.17, 15) is 9.18 Å². The number of benzene rings is 2. The van der Waals surface area contributed by atoms with Crippen LogP contribution in [0.1, 0.15) is 38.3 Å². The van der Waals surface area contributed by atoms with E-state index in [0.717, 1.165) is 38.0 Å². The van der Waals surface area contributed by atoms with E-state index in [0.29, 0.717) is 12.2 Å². The summed E-state index contributed by atoms with van der Waals surface area (Å²) in [6.07, 6.45) is 2.80. The first-order valence-corrected chi connectivity index (χ1v) is 12.1. The number of carbonyl (C=O) groups is 1. The Morgan fingerprint density at radius 2 is 2.03 bits per heavy atom. The molecule has 32 heavy (non-hydrogen) atoms. The third kappa shape index (κ3) is 4.59. The molecule has 4 nitrogen and oxygen atoms in total. The zero-order chi connectivity index (χ0) is 23.0. The van der Waals surface area contributed by atoms with Crippen molar-refractivity contribution in [2.75, 3.05) is 12.4 Å². The molecule has 0 spiro atoms. The lowest BCUT2D eigenvalue weighted by Crippen LogP contribution is -2.32. The van der Waals surface area contributed by atoms with Crippen LogP contribution in [0.4, 0.5) is 10.1 Å². The minimum absolute atomic E-state index is 0.111. The second kappa shape index (κ2) is 8.94. The van der Waals surface area contributed by atoms with Gasteiger partial charge in [0.2, 0.25) is 0 Å². The molecule has 168 valence electrons. The lowest BCUT2D eigenvalue weighted by Gasteiger charge is -2.33. The average Bonchev–Trinajstić information content (AvgIpc) is 3.17. The van der Waals surface area contributed by atoms with Gasteiger partial charge in [0.25, 0.3) is 0 Å². The number of nitrogens with one attached hydrogen (secondary N) is 1. The molecular formula is C25H25BrFNO3S. The summed E-state index contributed by atoms with van der Waals surface area (Å²) in [5.41, 5.74) is 5.34. The van der Waals surface area contributed by atoms with Crippen molar-refractivity contribution in [3.8, 4) is 16.9 Å². The number of fused-ring (bicyclic) bond motifs is 1. The molecule has 2 heterocycles. The molecule has 0 saturated heterocycles. The summed E-state index contributed by atoms with van der Waals surface area (Å²) < 4.78 is 26.1. The van der Waals surface area contributed by atoms with Crippen LogP contribution in [0.15, 0.2) is 46.3 Å². The van der Waals surface area contributed by atoms with Gasteiger partial charge in [-0.05, 0) is 55.5 Å².